The quantitative estimate of drug-likeness (QED) is 0.503. The Hall–Kier alpha value is -1.58. The lowest BCUT2D eigenvalue weighted by atomic mass is 10.1. The zero-order valence-corrected chi connectivity index (χ0v) is 10.2. The van der Waals surface area contributed by atoms with E-state index in [2.05, 4.69) is 6.58 Å². The first-order valence-electron chi connectivity index (χ1n) is 5.83. The fourth-order valence-electron chi connectivity index (χ4n) is 1.74. The van der Waals surface area contributed by atoms with Crippen LogP contribution in [0.5, 0.6) is 0 Å². The zero-order chi connectivity index (χ0) is 12.7. The first-order valence-corrected chi connectivity index (χ1v) is 5.83. The summed E-state index contributed by atoms with van der Waals surface area (Å²) in [6.07, 6.45) is 3.38. The number of ether oxygens (including phenoxy) is 2. The van der Waals surface area contributed by atoms with Gasteiger partial charge in [-0.15, -0.1) is 0 Å². The molecule has 0 aliphatic heterocycles. The molecule has 0 unspecified atom stereocenters. The second-order valence-electron chi connectivity index (χ2n) is 3.73. The third-order valence-electron chi connectivity index (χ3n) is 2.51. The highest BCUT2D eigenvalue weighted by atomic mass is 16.5. The van der Waals surface area contributed by atoms with Crippen molar-refractivity contribution in [2.45, 2.75) is 32.6 Å². The van der Waals surface area contributed by atoms with Crippen molar-refractivity contribution in [1.82, 2.24) is 0 Å². The second kappa shape index (κ2) is 6.89. The van der Waals surface area contributed by atoms with Crippen molar-refractivity contribution >= 4 is 11.8 Å². The van der Waals surface area contributed by atoms with Crippen LogP contribution in [0.4, 0.5) is 0 Å². The van der Waals surface area contributed by atoms with Crippen LogP contribution < -0.4 is 0 Å². The van der Waals surface area contributed by atoms with E-state index in [-0.39, 0.29) is 18.2 Å². The number of hydrogen-bond donors (Lipinski definition) is 0. The molecule has 0 radical (unpaired) electrons. The molecule has 0 N–H and O–H groups in total. The van der Waals surface area contributed by atoms with Crippen LogP contribution in [0.15, 0.2) is 24.0 Å². The van der Waals surface area contributed by atoms with Crippen molar-refractivity contribution in [3.8, 4) is 0 Å². The highest BCUT2D eigenvalue weighted by Crippen LogP contribution is 2.27. The summed E-state index contributed by atoms with van der Waals surface area (Å²) in [6.45, 7) is 6.08. The van der Waals surface area contributed by atoms with E-state index in [1.807, 2.05) is 0 Å². The van der Waals surface area contributed by atoms with Gasteiger partial charge in [0.05, 0.1) is 6.61 Å². The monoisotopic (exact) mass is 238 g/mol. The third-order valence-corrected chi connectivity index (χ3v) is 2.51. The summed E-state index contributed by atoms with van der Waals surface area (Å²) in [5.41, 5.74) is 0.639. The Bertz CT molecular complexity index is 341. The highest BCUT2D eigenvalue weighted by Gasteiger charge is 2.24. The molecule has 0 fully saturated rings. The average molecular weight is 238 g/mol. The number of carbonyl (C=O) groups excluding carboxylic acids is 2. The smallest absolute Gasteiger partial charge is 0.306 e. The minimum absolute atomic E-state index is 0.0772. The van der Waals surface area contributed by atoms with Gasteiger partial charge in [-0.3, -0.25) is 9.59 Å². The standard InChI is InChI=1S/C13H18O4/c1-3-9-17-12-7-6-11(14)10(12)5-8-13(15)16-4-2/h3H,1,4-9H2,2H3. The van der Waals surface area contributed by atoms with E-state index in [0.29, 0.717) is 43.8 Å². The van der Waals surface area contributed by atoms with Gasteiger partial charge < -0.3 is 9.47 Å². The van der Waals surface area contributed by atoms with Crippen LogP contribution >= 0.6 is 0 Å². The van der Waals surface area contributed by atoms with Gasteiger partial charge in [-0.25, -0.2) is 0 Å². The van der Waals surface area contributed by atoms with E-state index >= 15 is 0 Å². The lowest BCUT2D eigenvalue weighted by Crippen LogP contribution is -2.06. The lowest BCUT2D eigenvalue weighted by Gasteiger charge is -2.07. The molecule has 1 aliphatic rings. The summed E-state index contributed by atoms with van der Waals surface area (Å²) in [5.74, 6) is 0.510. The molecular weight excluding hydrogens is 220 g/mol. The predicted molar refractivity (Wildman–Crippen MR) is 63.3 cm³/mol. The number of ketones is 1. The van der Waals surface area contributed by atoms with Gasteiger partial charge in [0.1, 0.15) is 12.4 Å². The van der Waals surface area contributed by atoms with Crippen LogP contribution in [0.1, 0.15) is 32.6 Å². The summed E-state index contributed by atoms with van der Waals surface area (Å²) in [5, 5.41) is 0. The molecular formula is C13H18O4. The van der Waals surface area contributed by atoms with Gasteiger partial charge in [0.25, 0.3) is 0 Å². The first kappa shape index (κ1) is 13.5. The molecule has 17 heavy (non-hydrogen) atoms. The summed E-state index contributed by atoms with van der Waals surface area (Å²) in [6, 6.07) is 0. The molecule has 0 saturated carbocycles. The Morgan fingerprint density at radius 2 is 2.24 bits per heavy atom. The van der Waals surface area contributed by atoms with E-state index in [9.17, 15) is 9.59 Å². The maximum Gasteiger partial charge on any atom is 0.306 e. The number of Topliss-reactive ketones (excluding diaryl/α,β-unsaturated/α-hetero) is 1. The van der Waals surface area contributed by atoms with E-state index in [0.717, 1.165) is 0 Å². The number of rotatable bonds is 7. The fourth-order valence-corrected chi connectivity index (χ4v) is 1.74. The van der Waals surface area contributed by atoms with Crippen molar-refractivity contribution in [1.29, 1.82) is 0 Å². The molecule has 0 bridgehead atoms. The fraction of sp³-hybridized carbons (Fsp3) is 0.538. The topological polar surface area (TPSA) is 52.6 Å². The SMILES string of the molecule is C=CCOC1=C(CCC(=O)OCC)C(=O)CC1. The Morgan fingerprint density at radius 1 is 1.47 bits per heavy atom. The van der Waals surface area contributed by atoms with Gasteiger partial charge in [-0.2, -0.15) is 0 Å². The second-order valence-corrected chi connectivity index (χ2v) is 3.73. The van der Waals surface area contributed by atoms with Crippen LogP contribution in [0.3, 0.4) is 0 Å². The van der Waals surface area contributed by atoms with E-state index in [1.54, 1.807) is 13.0 Å². The number of carbonyl (C=O) groups is 2. The molecule has 0 aromatic carbocycles. The molecule has 4 nitrogen and oxygen atoms in total. The maximum atomic E-state index is 11.6. The maximum absolute atomic E-state index is 11.6. The number of allylic oxidation sites excluding steroid dienone is 2. The molecule has 0 atom stereocenters. The third kappa shape index (κ3) is 4.06. The Labute approximate surface area is 101 Å². The highest BCUT2D eigenvalue weighted by molar-refractivity contribution is 5.98. The van der Waals surface area contributed by atoms with Crippen LogP contribution in [-0.2, 0) is 19.1 Å². The molecule has 1 aliphatic carbocycles. The largest absolute Gasteiger partial charge is 0.493 e. The van der Waals surface area contributed by atoms with Crippen molar-refractivity contribution in [3.63, 3.8) is 0 Å². The summed E-state index contributed by atoms with van der Waals surface area (Å²) in [4.78, 5) is 22.8. The molecule has 0 saturated heterocycles. The van der Waals surface area contributed by atoms with Crippen LogP contribution in [0.2, 0.25) is 0 Å². The van der Waals surface area contributed by atoms with Crippen LogP contribution in [0, 0.1) is 0 Å². The van der Waals surface area contributed by atoms with Gasteiger partial charge >= 0.3 is 5.97 Å². The average Bonchev–Trinajstić information content (AvgIpc) is 2.65. The van der Waals surface area contributed by atoms with Crippen molar-refractivity contribution in [2.75, 3.05) is 13.2 Å². The number of hydrogen-bond acceptors (Lipinski definition) is 4. The Morgan fingerprint density at radius 3 is 2.88 bits per heavy atom. The minimum atomic E-state index is -0.275. The molecule has 0 aromatic heterocycles. The van der Waals surface area contributed by atoms with Gasteiger partial charge in [-0.1, -0.05) is 12.7 Å². The summed E-state index contributed by atoms with van der Waals surface area (Å²) < 4.78 is 10.2. The summed E-state index contributed by atoms with van der Waals surface area (Å²) in [7, 11) is 0. The van der Waals surface area contributed by atoms with Crippen LogP contribution in [0.25, 0.3) is 0 Å². The van der Waals surface area contributed by atoms with E-state index in [4.69, 9.17) is 9.47 Å². The molecule has 0 spiro atoms. The van der Waals surface area contributed by atoms with Gasteiger partial charge in [0.15, 0.2) is 5.78 Å². The molecule has 0 aromatic rings. The minimum Gasteiger partial charge on any atom is -0.493 e. The first-order chi connectivity index (χ1) is 8.19. The van der Waals surface area contributed by atoms with E-state index < -0.39 is 0 Å². The van der Waals surface area contributed by atoms with Crippen molar-refractivity contribution in [3.05, 3.63) is 24.0 Å². The number of esters is 1. The normalized spacial score (nSPS) is 15.0. The van der Waals surface area contributed by atoms with Gasteiger partial charge in [0, 0.05) is 24.8 Å². The molecule has 4 heteroatoms. The Kier molecular flexibility index (Phi) is 5.46. The molecule has 0 heterocycles. The molecule has 0 amide bonds. The predicted octanol–water partition coefficient (Wildman–Crippen LogP) is 2.15. The van der Waals surface area contributed by atoms with Gasteiger partial charge in [-0.05, 0) is 13.3 Å². The van der Waals surface area contributed by atoms with Crippen molar-refractivity contribution < 1.29 is 19.1 Å². The lowest BCUT2D eigenvalue weighted by molar-refractivity contribution is -0.143. The van der Waals surface area contributed by atoms with Crippen molar-refractivity contribution in [2.24, 2.45) is 0 Å². The summed E-state index contributed by atoms with van der Waals surface area (Å²) >= 11 is 0. The van der Waals surface area contributed by atoms with Gasteiger partial charge in [0.2, 0.25) is 0 Å². The zero-order valence-electron chi connectivity index (χ0n) is 10.2. The Balaban J connectivity index is 2.54. The van der Waals surface area contributed by atoms with E-state index in [1.165, 1.54) is 0 Å². The molecule has 94 valence electrons. The molecule has 1 rings (SSSR count). The van der Waals surface area contributed by atoms with Crippen LogP contribution in [-0.4, -0.2) is 25.0 Å².